The normalized spacial score (nSPS) is 11.8. The molecule has 1 atom stereocenters. The minimum absolute atomic E-state index is 0.347. The summed E-state index contributed by atoms with van der Waals surface area (Å²) in [6.07, 6.45) is 0.0204. The van der Waals surface area contributed by atoms with E-state index in [2.05, 4.69) is 31.2 Å². The number of carbonyl (C=O) groups is 1. The van der Waals surface area contributed by atoms with Gasteiger partial charge in [-0.25, -0.2) is 4.79 Å². The first-order valence-electron chi connectivity index (χ1n) is 7.05. The number of carbonyl (C=O) groups excluding carboxylic acids is 1. The fourth-order valence-corrected chi connectivity index (χ4v) is 2.07. The van der Waals surface area contributed by atoms with Crippen molar-refractivity contribution in [3.63, 3.8) is 0 Å². The van der Waals surface area contributed by atoms with Gasteiger partial charge in [-0.2, -0.15) is 0 Å². The Morgan fingerprint density at radius 3 is 2.00 bits per heavy atom. The molecule has 2 aromatic carbocycles. The second kappa shape index (κ2) is 6.93. The Labute approximate surface area is 125 Å². The van der Waals surface area contributed by atoms with Crippen LogP contribution in [0.15, 0.2) is 48.5 Å². The van der Waals surface area contributed by atoms with Gasteiger partial charge in [-0.15, -0.1) is 0 Å². The molecular weight excluding hydrogens is 264 g/mol. The number of rotatable bonds is 5. The summed E-state index contributed by atoms with van der Waals surface area (Å²) in [5.41, 5.74) is 3.52. The van der Waals surface area contributed by atoms with Crippen molar-refractivity contribution in [3.05, 3.63) is 54.1 Å². The molecule has 0 fully saturated rings. The molecule has 0 aromatic heterocycles. The highest BCUT2D eigenvalue weighted by Crippen LogP contribution is 2.23. The highest BCUT2D eigenvalue weighted by atomic mass is 16.6. The molecule has 0 unspecified atom stereocenters. The van der Waals surface area contributed by atoms with Crippen molar-refractivity contribution in [2.24, 2.45) is 0 Å². The van der Waals surface area contributed by atoms with Gasteiger partial charge in [0.1, 0.15) is 5.75 Å². The van der Waals surface area contributed by atoms with Crippen LogP contribution in [0.5, 0.6) is 5.75 Å². The molecule has 2 aromatic rings. The zero-order chi connectivity index (χ0) is 15.2. The van der Waals surface area contributed by atoms with Crippen LogP contribution in [-0.2, 0) is 9.53 Å². The van der Waals surface area contributed by atoms with Crippen molar-refractivity contribution in [1.82, 2.24) is 0 Å². The lowest BCUT2D eigenvalue weighted by atomic mass is 10.0. The average Bonchev–Trinajstić information content (AvgIpc) is 2.53. The second-order valence-corrected chi connectivity index (χ2v) is 4.93. The van der Waals surface area contributed by atoms with Gasteiger partial charge in [-0.1, -0.05) is 48.9 Å². The van der Waals surface area contributed by atoms with Crippen LogP contribution in [0.4, 0.5) is 0 Å². The summed E-state index contributed by atoms with van der Waals surface area (Å²) >= 11 is 0. The van der Waals surface area contributed by atoms with E-state index in [9.17, 15) is 4.79 Å². The molecule has 0 bridgehead atoms. The first-order chi connectivity index (χ1) is 10.1. The molecule has 0 spiro atoms. The van der Waals surface area contributed by atoms with Crippen LogP contribution in [0.3, 0.4) is 0 Å². The average molecular weight is 284 g/mol. The Bertz CT molecular complexity index is 585. The van der Waals surface area contributed by atoms with Gasteiger partial charge in [-0.05, 0) is 36.6 Å². The number of hydrogen-bond acceptors (Lipinski definition) is 3. The quantitative estimate of drug-likeness (QED) is 0.779. The molecule has 0 aliphatic heterocycles. The van der Waals surface area contributed by atoms with E-state index in [-0.39, 0.29) is 5.97 Å². The number of aryl methyl sites for hydroxylation is 1. The van der Waals surface area contributed by atoms with Gasteiger partial charge in [0.25, 0.3) is 0 Å². The minimum atomic E-state index is -0.555. The molecule has 3 heteroatoms. The predicted molar refractivity (Wildman–Crippen MR) is 83.3 cm³/mol. The standard InChI is InChI=1S/C18H20O3/c1-4-17(18(19)20-3)21-16-11-9-15(10-12-16)14-7-5-13(2)6-8-14/h5-12,17H,4H2,1-3H3/t17-/m0/s1. The van der Waals surface area contributed by atoms with Gasteiger partial charge >= 0.3 is 5.97 Å². The number of ether oxygens (including phenoxy) is 2. The molecule has 0 radical (unpaired) electrons. The Balaban J connectivity index is 2.11. The summed E-state index contributed by atoms with van der Waals surface area (Å²) in [7, 11) is 1.37. The molecule has 0 aliphatic rings. The van der Waals surface area contributed by atoms with Crippen molar-refractivity contribution in [2.45, 2.75) is 26.4 Å². The van der Waals surface area contributed by atoms with Gasteiger partial charge < -0.3 is 9.47 Å². The Hall–Kier alpha value is -2.29. The highest BCUT2D eigenvalue weighted by Gasteiger charge is 2.18. The zero-order valence-electron chi connectivity index (χ0n) is 12.6. The van der Waals surface area contributed by atoms with Crippen LogP contribution >= 0.6 is 0 Å². The topological polar surface area (TPSA) is 35.5 Å². The summed E-state index contributed by atoms with van der Waals surface area (Å²) in [5.74, 6) is 0.322. The van der Waals surface area contributed by atoms with Crippen molar-refractivity contribution in [2.75, 3.05) is 7.11 Å². The van der Waals surface area contributed by atoms with Crippen LogP contribution in [0.2, 0.25) is 0 Å². The lowest BCUT2D eigenvalue weighted by molar-refractivity contribution is -0.148. The number of hydrogen-bond donors (Lipinski definition) is 0. The van der Waals surface area contributed by atoms with E-state index >= 15 is 0 Å². The lowest BCUT2D eigenvalue weighted by Gasteiger charge is -2.15. The Morgan fingerprint density at radius 2 is 1.52 bits per heavy atom. The summed E-state index contributed by atoms with van der Waals surface area (Å²) in [4.78, 5) is 11.5. The smallest absolute Gasteiger partial charge is 0.347 e. The monoisotopic (exact) mass is 284 g/mol. The molecular formula is C18H20O3. The SMILES string of the molecule is CC[C@H](Oc1ccc(-c2ccc(C)cc2)cc1)C(=O)OC. The van der Waals surface area contributed by atoms with Crippen molar-refractivity contribution in [1.29, 1.82) is 0 Å². The van der Waals surface area contributed by atoms with E-state index in [0.29, 0.717) is 12.2 Å². The fourth-order valence-electron chi connectivity index (χ4n) is 2.07. The maximum atomic E-state index is 11.5. The predicted octanol–water partition coefficient (Wildman–Crippen LogP) is 3.99. The van der Waals surface area contributed by atoms with Crippen molar-refractivity contribution >= 4 is 5.97 Å². The Morgan fingerprint density at radius 1 is 1.00 bits per heavy atom. The Kier molecular flexibility index (Phi) is 4.99. The molecule has 2 rings (SSSR count). The maximum absolute atomic E-state index is 11.5. The second-order valence-electron chi connectivity index (χ2n) is 4.93. The summed E-state index contributed by atoms with van der Waals surface area (Å²) in [5, 5.41) is 0. The van der Waals surface area contributed by atoms with Crippen LogP contribution in [0.25, 0.3) is 11.1 Å². The summed E-state index contributed by atoms with van der Waals surface area (Å²) < 4.78 is 10.4. The molecule has 0 aliphatic carbocycles. The third-order valence-electron chi connectivity index (χ3n) is 3.35. The number of methoxy groups -OCH3 is 1. The van der Waals surface area contributed by atoms with Crippen LogP contribution in [0, 0.1) is 6.92 Å². The summed E-state index contributed by atoms with van der Waals surface area (Å²) in [6, 6.07) is 16.1. The molecule has 0 saturated carbocycles. The van der Waals surface area contributed by atoms with Crippen LogP contribution in [-0.4, -0.2) is 19.2 Å². The molecule has 110 valence electrons. The van der Waals surface area contributed by atoms with Crippen LogP contribution < -0.4 is 4.74 Å². The van der Waals surface area contributed by atoms with E-state index in [1.807, 2.05) is 31.2 Å². The molecule has 0 saturated heterocycles. The first kappa shape index (κ1) is 15.1. The molecule has 0 heterocycles. The largest absolute Gasteiger partial charge is 0.479 e. The maximum Gasteiger partial charge on any atom is 0.347 e. The lowest BCUT2D eigenvalue weighted by Crippen LogP contribution is -2.27. The van der Waals surface area contributed by atoms with E-state index < -0.39 is 6.10 Å². The third-order valence-corrected chi connectivity index (χ3v) is 3.35. The third kappa shape index (κ3) is 3.85. The zero-order valence-corrected chi connectivity index (χ0v) is 12.6. The van der Waals surface area contributed by atoms with Crippen molar-refractivity contribution in [3.8, 4) is 16.9 Å². The van der Waals surface area contributed by atoms with Crippen LogP contribution in [0.1, 0.15) is 18.9 Å². The first-order valence-corrected chi connectivity index (χ1v) is 7.05. The molecule has 21 heavy (non-hydrogen) atoms. The van der Waals surface area contributed by atoms with Gasteiger partial charge in [0.2, 0.25) is 0 Å². The van der Waals surface area contributed by atoms with Gasteiger partial charge in [-0.3, -0.25) is 0 Å². The molecule has 3 nitrogen and oxygen atoms in total. The van der Waals surface area contributed by atoms with E-state index in [4.69, 9.17) is 9.47 Å². The van der Waals surface area contributed by atoms with E-state index in [1.165, 1.54) is 12.7 Å². The highest BCUT2D eigenvalue weighted by molar-refractivity contribution is 5.75. The van der Waals surface area contributed by atoms with E-state index in [1.54, 1.807) is 0 Å². The molecule has 0 amide bonds. The summed E-state index contributed by atoms with van der Waals surface area (Å²) in [6.45, 7) is 3.96. The number of esters is 1. The number of benzene rings is 2. The van der Waals surface area contributed by atoms with Gasteiger partial charge in [0, 0.05) is 0 Å². The van der Waals surface area contributed by atoms with Gasteiger partial charge in [0.15, 0.2) is 6.10 Å². The fraction of sp³-hybridized carbons (Fsp3) is 0.278. The van der Waals surface area contributed by atoms with E-state index in [0.717, 1.165) is 11.1 Å². The van der Waals surface area contributed by atoms with Gasteiger partial charge in [0.05, 0.1) is 7.11 Å². The minimum Gasteiger partial charge on any atom is -0.479 e. The van der Waals surface area contributed by atoms with Crippen molar-refractivity contribution < 1.29 is 14.3 Å². The molecule has 0 N–H and O–H groups in total.